The van der Waals surface area contributed by atoms with Gasteiger partial charge in [0.25, 0.3) is 0 Å². The molecule has 5 heteroatoms. The van der Waals surface area contributed by atoms with Crippen molar-refractivity contribution in [3.8, 4) is 5.75 Å². The minimum atomic E-state index is -0.326. The molecule has 0 bridgehead atoms. The summed E-state index contributed by atoms with van der Waals surface area (Å²) in [7, 11) is 0. The number of hydrogen-bond acceptors (Lipinski definition) is 2. The van der Waals surface area contributed by atoms with Crippen LogP contribution in [0.2, 0.25) is 5.02 Å². The van der Waals surface area contributed by atoms with Crippen molar-refractivity contribution in [1.29, 1.82) is 0 Å². The molecule has 94 valence electrons. The van der Waals surface area contributed by atoms with Gasteiger partial charge in [0.15, 0.2) is 0 Å². The van der Waals surface area contributed by atoms with Crippen LogP contribution in [0.25, 0.3) is 0 Å². The molecular weight excluding hydrogens is 321 g/mol. The van der Waals surface area contributed by atoms with E-state index in [2.05, 4.69) is 15.9 Å². The van der Waals surface area contributed by atoms with E-state index in [9.17, 15) is 4.39 Å². The molecule has 0 aliphatic carbocycles. The molecule has 0 fully saturated rings. The summed E-state index contributed by atoms with van der Waals surface area (Å²) >= 11 is 9.12. The first-order valence-electron chi connectivity index (χ1n) is 5.18. The van der Waals surface area contributed by atoms with Gasteiger partial charge in [0.05, 0.1) is 4.47 Å². The average Bonchev–Trinajstić information content (AvgIpc) is 2.32. The van der Waals surface area contributed by atoms with Crippen molar-refractivity contribution < 1.29 is 9.13 Å². The minimum Gasteiger partial charge on any atom is -0.489 e. The van der Waals surface area contributed by atoms with Crippen molar-refractivity contribution >= 4 is 33.2 Å². The molecule has 2 aromatic rings. The van der Waals surface area contributed by atoms with Crippen molar-refractivity contribution in [1.82, 2.24) is 0 Å². The number of anilines is 1. The van der Waals surface area contributed by atoms with E-state index in [1.54, 1.807) is 30.3 Å². The Balaban J connectivity index is 2.09. The predicted molar refractivity (Wildman–Crippen MR) is 74.3 cm³/mol. The molecule has 2 rings (SSSR count). The zero-order valence-corrected chi connectivity index (χ0v) is 11.6. The zero-order chi connectivity index (χ0) is 13.1. The van der Waals surface area contributed by atoms with Crippen LogP contribution in [0, 0.1) is 5.82 Å². The van der Waals surface area contributed by atoms with Crippen LogP contribution >= 0.6 is 27.5 Å². The second-order valence-electron chi connectivity index (χ2n) is 3.72. The molecule has 0 atom stereocenters. The van der Waals surface area contributed by atoms with Gasteiger partial charge in [-0.1, -0.05) is 17.7 Å². The Kier molecular flexibility index (Phi) is 4.09. The first-order chi connectivity index (χ1) is 8.56. The van der Waals surface area contributed by atoms with Crippen molar-refractivity contribution in [3.63, 3.8) is 0 Å². The monoisotopic (exact) mass is 329 g/mol. The van der Waals surface area contributed by atoms with Gasteiger partial charge in [-0.3, -0.25) is 0 Å². The lowest BCUT2D eigenvalue weighted by Gasteiger charge is -2.09. The number of halogens is 3. The summed E-state index contributed by atoms with van der Waals surface area (Å²) in [5.41, 5.74) is 7.03. The van der Waals surface area contributed by atoms with Crippen molar-refractivity contribution in [2.75, 3.05) is 5.73 Å². The first-order valence-corrected chi connectivity index (χ1v) is 6.35. The van der Waals surface area contributed by atoms with Crippen molar-refractivity contribution in [3.05, 3.63) is 57.3 Å². The van der Waals surface area contributed by atoms with Crippen LogP contribution in [0.3, 0.4) is 0 Å². The van der Waals surface area contributed by atoms with Crippen molar-refractivity contribution in [2.45, 2.75) is 6.61 Å². The standard InChI is InChI=1S/C13H10BrClFNO/c14-11-6-10(3-4-13(11)16)18-7-8-1-2-9(17)5-12(8)15/h1-6H,7,17H2. The van der Waals surface area contributed by atoms with Crippen LogP contribution in [0.1, 0.15) is 5.56 Å². The van der Waals surface area contributed by atoms with Crippen LogP contribution in [0.15, 0.2) is 40.9 Å². The molecule has 0 aliphatic heterocycles. The highest BCUT2D eigenvalue weighted by atomic mass is 79.9. The SMILES string of the molecule is Nc1ccc(COc2ccc(F)c(Br)c2)c(Cl)c1. The zero-order valence-electron chi connectivity index (χ0n) is 9.29. The van der Waals surface area contributed by atoms with Gasteiger partial charge in [-0.15, -0.1) is 0 Å². The summed E-state index contributed by atoms with van der Waals surface area (Å²) in [5.74, 6) is 0.240. The van der Waals surface area contributed by atoms with Crippen LogP contribution in [0.4, 0.5) is 10.1 Å². The second kappa shape index (κ2) is 5.59. The summed E-state index contributed by atoms with van der Waals surface area (Å²) in [5, 5.41) is 0.552. The van der Waals surface area contributed by atoms with Crippen LogP contribution < -0.4 is 10.5 Å². The van der Waals surface area contributed by atoms with Gasteiger partial charge in [0, 0.05) is 16.3 Å². The van der Waals surface area contributed by atoms with Crippen LogP contribution in [-0.2, 0) is 6.61 Å². The Bertz CT molecular complexity index is 577. The fourth-order valence-corrected chi connectivity index (χ4v) is 2.01. The number of nitrogen functional groups attached to an aromatic ring is 1. The molecule has 0 heterocycles. The van der Waals surface area contributed by atoms with Crippen molar-refractivity contribution in [2.24, 2.45) is 0 Å². The predicted octanol–water partition coefficient (Wildman–Crippen LogP) is 4.40. The molecule has 0 saturated heterocycles. The second-order valence-corrected chi connectivity index (χ2v) is 4.98. The fraction of sp³-hybridized carbons (Fsp3) is 0.0769. The van der Waals surface area contributed by atoms with E-state index in [-0.39, 0.29) is 5.82 Å². The van der Waals surface area contributed by atoms with E-state index in [4.69, 9.17) is 22.1 Å². The van der Waals surface area contributed by atoms with E-state index >= 15 is 0 Å². The lowest BCUT2D eigenvalue weighted by Crippen LogP contribution is -1.97. The minimum absolute atomic E-state index is 0.303. The van der Waals surface area contributed by atoms with Gasteiger partial charge in [-0.2, -0.15) is 0 Å². The molecular formula is C13H10BrClFNO. The van der Waals surface area contributed by atoms with Gasteiger partial charge in [-0.25, -0.2) is 4.39 Å². The molecule has 0 aromatic heterocycles. The van der Waals surface area contributed by atoms with Gasteiger partial charge in [0.1, 0.15) is 18.2 Å². The van der Waals surface area contributed by atoms with Crippen LogP contribution in [-0.4, -0.2) is 0 Å². The van der Waals surface area contributed by atoms with Crippen LogP contribution in [0.5, 0.6) is 5.75 Å². The largest absolute Gasteiger partial charge is 0.489 e. The third kappa shape index (κ3) is 3.15. The number of hydrogen-bond donors (Lipinski definition) is 1. The molecule has 0 unspecified atom stereocenters. The van der Waals surface area contributed by atoms with E-state index < -0.39 is 0 Å². The number of nitrogens with two attached hydrogens (primary N) is 1. The van der Waals surface area contributed by atoms with E-state index in [1.807, 2.05) is 0 Å². The van der Waals surface area contributed by atoms with Gasteiger partial charge < -0.3 is 10.5 Å². The maximum absolute atomic E-state index is 13.0. The lowest BCUT2D eigenvalue weighted by atomic mass is 10.2. The maximum atomic E-state index is 13.0. The molecule has 0 aliphatic rings. The Hall–Kier alpha value is -1.26. The summed E-state index contributed by atoms with van der Waals surface area (Å²) in [4.78, 5) is 0. The molecule has 2 aromatic carbocycles. The topological polar surface area (TPSA) is 35.2 Å². The normalized spacial score (nSPS) is 10.4. The highest BCUT2D eigenvalue weighted by Gasteiger charge is 2.04. The van der Waals surface area contributed by atoms with E-state index in [1.165, 1.54) is 6.07 Å². The third-order valence-electron chi connectivity index (χ3n) is 2.36. The van der Waals surface area contributed by atoms with Gasteiger partial charge in [0.2, 0.25) is 0 Å². The third-order valence-corrected chi connectivity index (χ3v) is 3.32. The molecule has 0 amide bonds. The summed E-state index contributed by atoms with van der Waals surface area (Å²) in [6, 6.07) is 9.69. The lowest BCUT2D eigenvalue weighted by molar-refractivity contribution is 0.305. The summed E-state index contributed by atoms with van der Waals surface area (Å²) < 4.78 is 18.9. The molecule has 2 N–H and O–H groups in total. The van der Waals surface area contributed by atoms with Gasteiger partial charge >= 0.3 is 0 Å². The number of ether oxygens (including phenoxy) is 1. The molecule has 0 saturated carbocycles. The maximum Gasteiger partial charge on any atom is 0.137 e. The quantitative estimate of drug-likeness (QED) is 0.846. The fourth-order valence-electron chi connectivity index (χ4n) is 1.41. The van der Waals surface area contributed by atoms with E-state index in [0.717, 1.165) is 5.56 Å². The molecule has 2 nitrogen and oxygen atoms in total. The molecule has 18 heavy (non-hydrogen) atoms. The Morgan fingerprint density at radius 1 is 1.22 bits per heavy atom. The summed E-state index contributed by atoms with van der Waals surface area (Å²) in [6.07, 6.45) is 0. The smallest absolute Gasteiger partial charge is 0.137 e. The highest BCUT2D eigenvalue weighted by Crippen LogP contribution is 2.24. The Labute approximate surface area is 118 Å². The first kappa shape index (κ1) is 13.2. The number of rotatable bonds is 3. The average molecular weight is 331 g/mol. The van der Waals surface area contributed by atoms with E-state index in [0.29, 0.717) is 27.5 Å². The summed E-state index contributed by atoms with van der Waals surface area (Å²) in [6.45, 7) is 0.303. The number of benzene rings is 2. The highest BCUT2D eigenvalue weighted by molar-refractivity contribution is 9.10. The molecule has 0 spiro atoms. The molecule has 0 radical (unpaired) electrons. The Morgan fingerprint density at radius 3 is 2.67 bits per heavy atom. The Morgan fingerprint density at radius 2 is 2.00 bits per heavy atom. The van der Waals surface area contributed by atoms with Gasteiger partial charge in [-0.05, 0) is 46.3 Å².